The van der Waals surface area contributed by atoms with Crippen LogP contribution in [0.5, 0.6) is 0 Å². The van der Waals surface area contributed by atoms with Gasteiger partial charge in [-0.2, -0.15) is 5.10 Å². The number of rotatable bonds is 6. The second-order valence-corrected chi connectivity index (χ2v) is 7.76. The van der Waals surface area contributed by atoms with Gasteiger partial charge in [0.2, 0.25) is 0 Å². The van der Waals surface area contributed by atoms with Gasteiger partial charge in [0, 0.05) is 25.7 Å². The van der Waals surface area contributed by atoms with Crippen LogP contribution in [0.4, 0.5) is 0 Å². The summed E-state index contributed by atoms with van der Waals surface area (Å²) in [6.07, 6.45) is 2.69. The lowest BCUT2D eigenvalue weighted by atomic mass is 10.0. The molecule has 0 radical (unpaired) electrons. The highest BCUT2D eigenvalue weighted by Gasteiger charge is 2.28. The molecule has 1 atom stereocenters. The predicted octanol–water partition coefficient (Wildman–Crippen LogP) is 1.43. The Labute approximate surface area is 161 Å². The minimum absolute atomic E-state index is 0.276. The van der Waals surface area contributed by atoms with Gasteiger partial charge in [-0.05, 0) is 44.0 Å². The van der Waals surface area contributed by atoms with Crippen LogP contribution in [0.15, 0.2) is 36.4 Å². The van der Waals surface area contributed by atoms with E-state index in [-0.39, 0.29) is 6.61 Å². The first-order chi connectivity index (χ1) is 13.2. The van der Waals surface area contributed by atoms with E-state index in [0.717, 1.165) is 38.3 Å². The maximum Gasteiger partial charge on any atom is 0.121 e. The fraction of sp³-hybridized carbons (Fsp3) is 0.571. The third kappa shape index (κ3) is 4.41. The molecule has 4 rings (SSSR count). The first-order valence-electron chi connectivity index (χ1n) is 10.1. The molecule has 1 saturated heterocycles. The molecule has 0 spiro atoms. The molecular weight excluding hydrogens is 340 g/mol. The van der Waals surface area contributed by atoms with Gasteiger partial charge in [0.05, 0.1) is 24.5 Å². The van der Waals surface area contributed by atoms with E-state index in [1.54, 1.807) is 0 Å². The van der Waals surface area contributed by atoms with Crippen LogP contribution in [0.2, 0.25) is 0 Å². The van der Waals surface area contributed by atoms with Crippen LogP contribution in [0, 0.1) is 0 Å². The van der Waals surface area contributed by atoms with Crippen molar-refractivity contribution in [3.05, 3.63) is 53.3 Å². The van der Waals surface area contributed by atoms with Crippen LogP contribution >= 0.6 is 0 Å². The molecule has 0 bridgehead atoms. The van der Waals surface area contributed by atoms with E-state index >= 15 is 0 Å². The highest BCUT2D eigenvalue weighted by molar-refractivity contribution is 5.15. The van der Waals surface area contributed by atoms with Gasteiger partial charge in [-0.15, -0.1) is 0 Å². The quantitative estimate of drug-likeness (QED) is 0.805. The summed E-state index contributed by atoms with van der Waals surface area (Å²) in [7, 11) is 0. The molecule has 1 aromatic heterocycles. The van der Waals surface area contributed by atoms with Crippen molar-refractivity contribution in [3.63, 3.8) is 0 Å². The zero-order valence-corrected chi connectivity index (χ0v) is 15.9. The lowest BCUT2D eigenvalue weighted by Gasteiger charge is -2.40. The van der Waals surface area contributed by atoms with Crippen molar-refractivity contribution in [2.75, 3.05) is 32.8 Å². The molecule has 6 heteroatoms. The molecule has 1 unspecified atom stereocenters. The van der Waals surface area contributed by atoms with Crippen LogP contribution < -0.4 is 0 Å². The van der Waals surface area contributed by atoms with Crippen molar-refractivity contribution in [1.29, 1.82) is 0 Å². The Bertz CT molecular complexity index is 725. The highest BCUT2D eigenvalue weighted by Crippen LogP contribution is 2.24. The van der Waals surface area contributed by atoms with Gasteiger partial charge in [0.15, 0.2) is 0 Å². The minimum atomic E-state index is -0.871. The molecule has 2 aromatic rings. The number of hydrogen-bond acceptors (Lipinski definition) is 5. The molecule has 0 aliphatic carbocycles. The number of aliphatic hydroxyl groups is 2. The van der Waals surface area contributed by atoms with Crippen molar-refractivity contribution >= 4 is 0 Å². The largest absolute Gasteiger partial charge is 0.393 e. The van der Waals surface area contributed by atoms with E-state index in [2.05, 4.69) is 45.2 Å². The first kappa shape index (κ1) is 18.6. The van der Waals surface area contributed by atoms with Crippen molar-refractivity contribution in [2.24, 2.45) is 0 Å². The van der Waals surface area contributed by atoms with Gasteiger partial charge >= 0.3 is 0 Å². The summed E-state index contributed by atoms with van der Waals surface area (Å²) in [6.45, 7) is 5.97. The van der Waals surface area contributed by atoms with Gasteiger partial charge in [0.1, 0.15) is 6.10 Å². The lowest BCUT2D eigenvalue weighted by molar-refractivity contribution is 0.0837. The number of aromatic nitrogens is 2. The molecule has 1 aromatic carbocycles. The zero-order chi connectivity index (χ0) is 18.6. The van der Waals surface area contributed by atoms with Crippen molar-refractivity contribution in [2.45, 2.75) is 44.5 Å². The van der Waals surface area contributed by atoms with Crippen molar-refractivity contribution < 1.29 is 10.2 Å². The molecule has 27 heavy (non-hydrogen) atoms. The third-order valence-electron chi connectivity index (χ3n) is 5.99. The molecule has 0 amide bonds. The van der Waals surface area contributed by atoms with Crippen LogP contribution in [0.1, 0.15) is 35.9 Å². The van der Waals surface area contributed by atoms with Gasteiger partial charge in [-0.1, -0.05) is 30.3 Å². The van der Waals surface area contributed by atoms with Crippen molar-refractivity contribution in [3.8, 4) is 0 Å². The number of nitrogens with zero attached hydrogens (tertiary/aromatic N) is 4. The van der Waals surface area contributed by atoms with E-state index in [1.165, 1.54) is 31.5 Å². The van der Waals surface area contributed by atoms with E-state index in [9.17, 15) is 5.11 Å². The third-order valence-corrected chi connectivity index (χ3v) is 5.99. The fourth-order valence-corrected chi connectivity index (χ4v) is 4.32. The normalized spacial score (nSPS) is 20.5. The van der Waals surface area contributed by atoms with Crippen LogP contribution in [-0.4, -0.2) is 68.6 Å². The summed E-state index contributed by atoms with van der Waals surface area (Å²) in [6, 6.07) is 13.3. The number of likely N-dealkylation sites (tertiary alicyclic amines) is 1. The van der Waals surface area contributed by atoms with Crippen LogP contribution in [0.25, 0.3) is 0 Å². The van der Waals surface area contributed by atoms with E-state index < -0.39 is 6.10 Å². The molecule has 1 fully saturated rings. The second kappa shape index (κ2) is 8.52. The molecular formula is C21H30N4O2. The Morgan fingerprint density at radius 3 is 2.59 bits per heavy atom. The summed E-state index contributed by atoms with van der Waals surface area (Å²) in [5.41, 5.74) is 3.16. The Morgan fingerprint density at radius 1 is 1.07 bits per heavy atom. The first-order valence-corrected chi connectivity index (χ1v) is 10.1. The SMILES string of the molecule is OCC(O)c1cc2n(n1)CCN(C1CCN(CCc3ccccc3)CC1)C2. The lowest BCUT2D eigenvalue weighted by Crippen LogP contribution is -2.47. The van der Waals surface area contributed by atoms with Gasteiger partial charge in [0.25, 0.3) is 0 Å². The number of piperidine rings is 1. The monoisotopic (exact) mass is 370 g/mol. The molecule has 0 saturated carbocycles. The summed E-state index contributed by atoms with van der Waals surface area (Å²) in [4.78, 5) is 5.16. The summed E-state index contributed by atoms with van der Waals surface area (Å²) < 4.78 is 1.99. The predicted molar refractivity (Wildman–Crippen MR) is 104 cm³/mol. The smallest absolute Gasteiger partial charge is 0.121 e. The van der Waals surface area contributed by atoms with Crippen LogP contribution in [0.3, 0.4) is 0 Å². The molecule has 3 heterocycles. The van der Waals surface area contributed by atoms with Gasteiger partial charge in [-0.25, -0.2) is 0 Å². The van der Waals surface area contributed by atoms with E-state index in [0.29, 0.717) is 11.7 Å². The van der Waals surface area contributed by atoms with E-state index in [1.807, 2.05) is 10.7 Å². The van der Waals surface area contributed by atoms with Gasteiger partial charge < -0.3 is 15.1 Å². The molecule has 2 aliphatic rings. The number of aliphatic hydroxyl groups excluding tert-OH is 2. The number of benzene rings is 1. The number of hydrogen-bond donors (Lipinski definition) is 2. The Hall–Kier alpha value is -1.73. The summed E-state index contributed by atoms with van der Waals surface area (Å²) in [5.74, 6) is 0. The molecule has 2 N–H and O–H groups in total. The fourth-order valence-electron chi connectivity index (χ4n) is 4.32. The molecule has 6 nitrogen and oxygen atoms in total. The Morgan fingerprint density at radius 2 is 1.85 bits per heavy atom. The summed E-state index contributed by atoms with van der Waals surface area (Å²) >= 11 is 0. The van der Waals surface area contributed by atoms with Crippen LogP contribution in [-0.2, 0) is 19.5 Å². The average molecular weight is 370 g/mol. The Balaban J connectivity index is 1.27. The molecule has 146 valence electrons. The zero-order valence-electron chi connectivity index (χ0n) is 15.9. The maximum atomic E-state index is 9.81. The van der Waals surface area contributed by atoms with Crippen molar-refractivity contribution in [1.82, 2.24) is 19.6 Å². The van der Waals surface area contributed by atoms with Gasteiger partial charge in [-0.3, -0.25) is 9.58 Å². The second-order valence-electron chi connectivity index (χ2n) is 7.76. The maximum absolute atomic E-state index is 9.81. The standard InChI is InChI=1S/C21H30N4O2/c26-16-21(27)20-14-19-15-24(12-13-25(19)22-20)18-7-10-23(11-8-18)9-6-17-4-2-1-3-5-17/h1-5,14,18,21,26-27H,6-13,15-16H2. The molecule has 2 aliphatic heterocycles. The minimum Gasteiger partial charge on any atom is -0.393 e. The summed E-state index contributed by atoms with van der Waals surface area (Å²) in [5, 5.41) is 23.4. The Kier molecular flexibility index (Phi) is 5.88. The number of fused-ring (bicyclic) bond motifs is 1. The average Bonchev–Trinajstić information content (AvgIpc) is 3.16. The highest BCUT2D eigenvalue weighted by atomic mass is 16.3. The topological polar surface area (TPSA) is 64.8 Å². The van der Waals surface area contributed by atoms with E-state index in [4.69, 9.17) is 5.11 Å².